The zero-order valence-electron chi connectivity index (χ0n) is 19.9. The number of hydrogen-bond donors (Lipinski definition) is 0. The Hall–Kier alpha value is -1.39. The summed E-state index contributed by atoms with van der Waals surface area (Å²) in [5.74, 6) is 1.32. The normalized spacial score (nSPS) is 40.8. The summed E-state index contributed by atoms with van der Waals surface area (Å²) in [7, 11) is 0. The molecular weight excluding hydrogens is 463 g/mol. The van der Waals surface area contributed by atoms with Crippen molar-refractivity contribution in [1.29, 1.82) is 0 Å². The van der Waals surface area contributed by atoms with E-state index in [-0.39, 0.29) is 23.7 Å². The number of hydrogen-bond acceptors (Lipinski definition) is 8. The van der Waals surface area contributed by atoms with E-state index in [1.165, 1.54) is 30.7 Å². The van der Waals surface area contributed by atoms with E-state index >= 15 is 0 Å². The largest absolute Gasteiger partial charge is 0.513 e. The SMILES string of the molecule is C[C@H]1[C@H](SCCCOC(=O)Oc2ccc(F)cc2)O[C@@H]2O[C@@]3(C)CC[C@H]4[C@H](C)CC[C@@H]1[C@@]24OO3. The van der Waals surface area contributed by atoms with Gasteiger partial charge in [0.25, 0.3) is 0 Å². The van der Waals surface area contributed by atoms with Gasteiger partial charge >= 0.3 is 6.16 Å². The van der Waals surface area contributed by atoms with Crippen LogP contribution in [-0.2, 0) is 24.0 Å². The van der Waals surface area contributed by atoms with Crippen LogP contribution in [0.3, 0.4) is 0 Å². The van der Waals surface area contributed by atoms with Crippen LogP contribution in [0, 0.1) is 29.5 Å². The Balaban J connectivity index is 1.14. The molecule has 0 unspecified atom stereocenters. The summed E-state index contributed by atoms with van der Waals surface area (Å²) in [6.45, 7) is 6.71. The second kappa shape index (κ2) is 9.58. The molecule has 1 aromatic carbocycles. The van der Waals surface area contributed by atoms with Gasteiger partial charge in [0.15, 0.2) is 11.9 Å². The van der Waals surface area contributed by atoms with E-state index in [1.807, 2.05) is 6.92 Å². The van der Waals surface area contributed by atoms with E-state index in [0.717, 1.165) is 25.0 Å². The molecule has 4 heterocycles. The topological polar surface area (TPSA) is 72.5 Å². The number of halogens is 1. The van der Waals surface area contributed by atoms with Crippen LogP contribution < -0.4 is 4.74 Å². The van der Waals surface area contributed by atoms with E-state index in [4.69, 9.17) is 28.7 Å². The zero-order chi connectivity index (χ0) is 23.9. The lowest BCUT2D eigenvalue weighted by Gasteiger charge is -2.60. The van der Waals surface area contributed by atoms with Gasteiger partial charge < -0.3 is 18.9 Å². The Labute approximate surface area is 203 Å². The first-order valence-corrected chi connectivity index (χ1v) is 13.3. The highest BCUT2D eigenvalue weighted by molar-refractivity contribution is 7.99. The summed E-state index contributed by atoms with van der Waals surface area (Å²) in [6.07, 6.45) is 3.48. The average molecular weight is 497 g/mol. The lowest BCUT2D eigenvalue weighted by molar-refractivity contribution is -0.568. The van der Waals surface area contributed by atoms with Crippen LogP contribution in [-0.4, -0.2) is 41.6 Å². The molecule has 0 amide bonds. The number of rotatable bonds is 6. The maximum atomic E-state index is 12.9. The highest BCUT2D eigenvalue weighted by Crippen LogP contribution is 2.61. The highest BCUT2D eigenvalue weighted by atomic mass is 32.2. The number of ether oxygens (including phenoxy) is 4. The van der Waals surface area contributed by atoms with Gasteiger partial charge in [-0.15, -0.1) is 11.8 Å². The molecule has 0 N–H and O–H groups in total. The van der Waals surface area contributed by atoms with E-state index in [1.54, 1.807) is 11.8 Å². The molecule has 0 radical (unpaired) electrons. The molecule has 1 aliphatic carbocycles. The molecule has 188 valence electrons. The Bertz CT molecular complexity index is 885. The number of thioether (sulfide) groups is 1. The minimum Gasteiger partial charge on any atom is -0.434 e. The summed E-state index contributed by atoms with van der Waals surface area (Å²) in [4.78, 5) is 23.9. The zero-order valence-corrected chi connectivity index (χ0v) is 20.7. The molecule has 9 heteroatoms. The molecule has 0 aromatic heterocycles. The van der Waals surface area contributed by atoms with Crippen molar-refractivity contribution in [2.75, 3.05) is 12.4 Å². The van der Waals surface area contributed by atoms with Crippen LogP contribution in [0.4, 0.5) is 9.18 Å². The molecule has 1 aromatic rings. The third-order valence-electron chi connectivity index (χ3n) is 7.90. The number of benzene rings is 1. The van der Waals surface area contributed by atoms with Crippen LogP contribution in [0.1, 0.15) is 52.9 Å². The van der Waals surface area contributed by atoms with Gasteiger partial charge in [-0.3, -0.25) is 0 Å². The summed E-state index contributed by atoms with van der Waals surface area (Å²) in [5, 5.41) is 0. The lowest BCUT2D eigenvalue weighted by atomic mass is 9.58. The van der Waals surface area contributed by atoms with Crippen molar-refractivity contribution in [3.8, 4) is 5.75 Å². The van der Waals surface area contributed by atoms with Crippen LogP contribution in [0.5, 0.6) is 5.75 Å². The molecule has 4 saturated heterocycles. The van der Waals surface area contributed by atoms with Gasteiger partial charge in [0.1, 0.15) is 17.0 Å². The van der Waals surface area contributed by atoms with E-state index in [2.05, 4.69) is 13.8 Å². The summed E-state index contributed by atoms with van der Waals surface area (Å²) < 4.78 is 36.1. The third kappa shape index (κ3) is 4.46. The fourth-order valence-electron chi connectivity index (χ4n) is 6.10. The minimum absolute atomic E-state index is 0.0348. The molecule has 5 aliphatic rings. The van der Waals surface area contributed by atoms with E-state index < -0.39 is 29.7 Å². The van der Waals surface area contributed by atoms with Crippen molar-refractivity contribution >= 4 is 17.9 Å². The first-order chi connectivity index (χ1) is 16.3. The minimum atomic E-state index is -0.795. The fraction of sp³-hybridized carbons (Fsp3) is 0.720. The molecule has 1 spiro atoms. The predicted octanol–water partition coefficient (Wildman–Crippen LogP) is 5.67. The third-order valence-corrected chi connectivity index (χ3v) is 9.30. The summed E-state index contributed by atoms with van der Waals surface area (Å²) >= 11 is 1.72. The van der Waals surface area contributed by atoms with Crippen LogP contribution in [0.2, 0.25) is 0 Å². The molecule has 1 saturated carbocycles. The highest BCUT2D eigenvalue weighted by Gasteiger charge is 2.69. The Morgan fingerprint density at radius 1 is 1.15 bits per heavy atom. The fourth-order valence-corrected chi connectivity index (χ4v) is 7.29. The quantitative estimate of drug-likeness (QED) is 0.216. The Kier molecular flexibility index (Phi) is 6.85. The first-order valence-electron chi connectivity index (χ1n) is 12.2. The van der Waals surface area contributed by atoms with Gasteiger partial charge in [-0.2, -0.15) is 0 Å². The van der Waals surface area contributed by atoms with Crippen molar-refractivity contribution < 1.29 is 37.9 Å². The van der Waals surface area contributed by atoms with Gasteiger partial charge in [0, 0.05) is 12.3 Å². The Morgan fingerprint density at radius 3 is 2.74 bits per heavy atom. The molecule has 6 rings (SSSR count). The number of fused-ring (bicyclic) bond motifs is 2. The van der Waals surface area contributed by atoms with Crippen molar-refractivity contribution in [2.24, 2.45) is 23.7 Å². The van der Waals surface area contributed by atoms with Crippen molar-refractivity contribution in [3.63, 3.8) is 0 Å². The molecule has 8 atom stereocenters. The molecule has 34 heavy (non-hydrogen) atoms. The smallest absolute Gasteiger partial charge is 0.434 e. The van der Waals surface area contributed by atoms with Crippen molar-refractivity contribution in [1.82, 2.24) is 0 Å². The molecule has 7 nitrogen and oxygen atoms in total. The number of carbonyl (C=O) groups excluding carboxylic acids is 1. The van der Waals surface area contributed by atoms with Gasteiger partial charge in [-0.25, -0.2) is 19.0 Å². The first kappa shape index (κ1) is 24.3. The monoisotopic (exact) mass is 496 g/mol. The maximum Gasteiger partial charge on any atom is 0.513 e. The van der Waals surface area contributed by atoms with Gasteiger partial charge in [0.05, 0.1) is 6.61 Å². The van der Waals surface area contributed by atoms with E-state index in [0.29, 0.717) is 24.2 Å². The van der Waals surface area contributed by atoms with Gasteiger partial charge in [0.2, 0.25) is 5.79 Å². The average Bonchev–Trinajstić information content (AvgIpc) is 3.04. The standard InChI is InChI=1S/C25H33FO7S/c1-15-5-10-20-16(2)21(30-22-25(20)19(15)11-12-24(3,31-22)32-33-25)34-14-4-13-28-23(27)29-18-8-6-17(26)7-9-18/h6-9,15-16,19-22H,4-5,10-14H2,1-3H3/t15-,16-,19+,20+,21+,22-,24-,25-/m1/s1. The lowest BCUT2D eigenvalue weighted by Crippen LogP contribution is -2.70. The second-order valence-corrected chi connectivity index (χ2v) is 11.4. The predicted molar refractivity (Wildman–Crippen MR) is 122 cm³/mol. The van der Waals surface area contributed by atoms with Crippen molar-refractivity contribution in [3.05, 3.63) is 30.1 Å². The molecule has 4 aliphatic heterocycles. The molecular formula is C25H33FO7S. The Morgan fingerprint density at radius 2 is 1.94 bits per heavy atom. The van der Waals surface area contributed by atoms with Crippen LogP contribution in [0.15, 0.2) is 24.3 Å². The summed E-state index contributed by atoms with van der Waals surface area (Å²) in [6, 6.07) is 5.22. The van der Waals surface area contributed by atoms with Gasteiger partial charge in [-0.05, 0) is 80.4 Å². The molecule has 5 fully saturated rings. The second-order valence-electron chi connectivity index (χ2n) is 10.2. The van der Waals surface area contributed by atoms with Gasteiger partial charge in [-0.1, -0.05) is 13.8 Å². The maximum absolute atomic E-state index is 12.9. The molecule has 2 bridgehead atoms. The van der Waals surface area contributed by atoms with Crippen LogP contribution in [0.25, 0.3) is 0 Å². The van der Waals surface area contributed by atoms with Crippen molar-refractivity contribution in [2.45, 2.75) is 76.0 Å². The van der Waals surface area contributed by atoms with Crippen LogP contribution >= 0.6 is 11.8 Å². The number of carbonyl (C=O) groups is 1. The van der Waals surface area contributed by atoms with E-state index in [9.17, 15) is 9.18 Å². The summed E-state index contributed by atoms with van der Waals surface area (Å²) in [5.41, 5.74) is -0.579.